The highest BCUT2D eigenvalue weighted by molar-refractivity contribution is 5.23. The topological polar surface area (TPSA) is 27.1 Å². The molecule has 0 aliphatic carbocycles. The monoisotopic (exact) mass is 154 g/mol. The molecule has 62 valence electrons. The highest BCUT2D eigenvalue weighted by atomic mass is 16.5. The highest BCUT2D eigenvalue weighted by Gasteiger charge is 2.07. The maximum Gasteiger partial charge on any atom is 0.159 e. The van der Waals surface area contributed by atoms with Gasteiger partial charge in [-0.15, -0.1) is 0 Å². The molecule has 0 bridgehead atoms. The summed E-state index contributed by atoms with van der Waals surface area (Å²) in [5.74, 6) is 0.860. The lowest BCUT2D eigenvalue weighted by Gasteiger charge is -2.07. The fourth-order valence-corrected chi connectivity index (χ4v) is 1.13. The predicted octanol–water partition coefficient (Wildman–Crippen LogP) is 1.78. The molecule has 0 radical (unpaired) electrons. The molecular weight excluding hydrogens is 140 g/mol. The second kappa shape index (κ2) is 2.95. The third-order valence-electron chi connectivity index (χ3n) is 1.71. The van der Waals surface area contributed by atoms with Crippen LogP contribution in [0, 0.1) is 6.92 Å². The molecule has 0 aliphatic rings. The van der Waals surface area contributed by atoms with E-state index in [9.17, 15) is 0 Å². The summed E-state index contributed by atoms with van der Waals surface area (Å²) in [6.07, 6.45) is 1.75. The van der Waals surface area contributed by atoms with Crippen LogP contribution < -0.4 is 4.74 Å². The van der Waals surface area contributed by atoms with Crippen LogP contribution in [0.25, 0.3) is 0 Å². The van der Waals surface area contributed by atoms with E-state index in [1.165, 1.54) is 0 Å². The molecular formula is C8H14N2O. The molecule has 1 heterocycles. The maximum atomic E-state index is 5.09. The molecule has 0 aliphatic heterocycles. The van der Waals surface area contributed by atoms with Crippen molar-refractivity contribution in [1.82, 2.24) is 9.78 Å². The number of aromatic nitrogens is 2. The molecule has 3 nitrogen and oxygen atoms in total. The van der Waals surface area contributed by atoms with Crippen molar-refractivity contribution in [3.05, 3.63) is 11.9 Å². The van der Waals surface area contributed by atoms with Gasteiger partial charge in [-0.3, -0.25) is 4.68 Å². The van der Waals surface area contributed by atoms with Gasteiger partial charge in [0.05, 0.1) is 19.0 Å². The Morgan fingerprint density at radius 2 is 2.18 bits per heavy atom. The van der Waals surface area contributed by atoms with Gasteiger partial charge in [-0.2, -0.15) is 5.10 Å². The normalized spacial score (nSPS) is 10.6. The lowest BCUT2D eigenvalue weighted by Crippen LogP contribution is -2.04. The minimum Gasteiger partial charge on any atom is -0.493 e. The maximum absolute atomic E-state index is 5.09. The first kappa shape index (κ1) is 8.11. The van der Waals surface area contributed by atoms with Crippen LogP contribution >= 0.6 is 0 Å². The van der Waals surface area contributed by atoms with Crippen molar-refractivity contribution >= 4 is 0 Å². The molecule has 1 aromatic rings. The highest BCUT2D eigenvalue weighted by Crippen LogP contribution is 2.18. The van der Waals surface area contributed by atoms with Crippen molar-refractivity contribution in [2.75, 3.05) is 7.11 Å². The van der Waals surface area contributed by atoms with E-state index in [2.05, 4.69) is 18.9 Å². The van der Waals surface area contributed by atoms with Gasteiger partial charge in [0.1, 0.15) is 0 Å². The molecule has 11 heavy (non-hydrogen) atoms. The van der Waals surface area contributed by atoms with Crippen LogP contribution in [0.5, 0.6) is 5.75 Å². The lowest BCUT2D eigenvalue weighted by molar-refractivity contribution is 0.407. The lowest BCUT2D eigenvalue weighted by atomic mass is 10.3. The number of hydrogen-bond acceptors (Lipinski definition) is 2. The smallest absolute Gasteiger partial charge is 0.159 e. The Morgan fingerprint density at radius 3 is 2.45 bits per heavy atom. The van der Waals surface area contributed by atoms with Crippen LogP contribution in [0.15, 0.2) is 6.20 Å². The molecule has 0 saturated carbocycles. The second-order valence-corrected chi connectivity index (χ2v) is 2.84. The van der Waals surface area contributed by atoms with Gasteiger partial charge in [0, 0.05) is 6.04 Å². The summed E-state index contributed by atoms with van der Waals surface area (Å²) in [7, 11) is 1.66. The van der Waals surface area contributed by atoms with Crippen LogP contribution in [0.2, 0.25) is 0 Å². The van der Waals surface area contributed by atoms with Crippen molar-refractivity contribution in [3.8, 4) is 5.75 Å². The van der Waals surface area contributed by atoms with Gasteiger partial charge >= 0.3 is 0 Å². The summed E-state index contributed by atoms with van der Waals surface area (Å²) < 4.78 is 7.04. The SMILES string of the molecule is COc1cnn(C(C)C)c1C. The van der Waals surface area contributed by atoms with Gasteiger partial charge in [-0.25, -0.2) is 0 Å². The van der Waals surface area contributed by atoms with Crippen LogP contribution in [0.4, 0.5) is 0 Å². The van der Waals surface area contributed by atoms with E-state index in [1.54, 1.807) is 13.3 Å². The van der Waals surface area contributed by atoms with Crippen LogP contribution in [-0.4, -0.2) is 16.9 Å². The van der Waals surface area contributed by atoms with Gasteiger partial charge in [0.15, 0.2) is 5.75 Å². The first-order chi connectivity index (χ1) is 5.16. The number of hydrogen-bond donors (Lipinski definition) is 0. The first-order valence-electron chi connectivity index (χ1n) is 3.75. The molecule has 0 N–H and O–H groups in total. The predicted molar refractivity (Wildman–Crippen MR) is 43.9 cm³/mol. The number of rotatable bonds is 2. The average Bonchev–Trinajstić information content (AvgIpc) is 2.30. The Bertz CT molecular complexity index is 240. The first-order valence-corrected chi connectivity index (χ1v) is 3.75. The largest absolute Gasteiger partial charge is 0.493 e. The van der Waals surface area contributed by atoms with Crippen molar-refractivity contribution < 1.29 is 4.74 Å². The van der Waals surface area contributed by atoms with E-state index in [0.717, 1.165) is 11.4 Å². The number of ether oxygens (including phenoxy) is 1. The van der Waals surface area contributed by atoms with Crippen molar-refractivity contribution in [2.24, 2.45) is 0 Å². The molecule has 0 fully saturated rings. The summed E-state index contributed by atoms with van der Waals surface area (Å²) in [5.41, 5.74) is 1.09. The zero-order valence-corrected chi connectivity index (χ0v) is 7.46. The number of methoxy groups -OCH3 is 1. The number of nitrogens with zero attached hydrogens (tertiary/aromatic N) is 2. The van der Waals surface area contributed by atoms with Gasteiger partial charge in [-0.05, 0) is 20.8 Å². The Balaban J connectivity index is 3.00. The standard InChI is InChI=1S/C8H14N2O/c1-6(2)10-7(3)8(11-4)5-9-10/h5-6H,1-4H3. The third kappa shape index (κ3) is 1.37. The molecule has 0 spiro atoms. The molecule has 0 atom stereocenters. The molecule has 0 unspecified atom stereocenters. The molecule has 1 aromatic heterocycles. The van der Waals surface area contributed by atoms with Gasteiger partial charge < -0.3 is 4.74 Å². The third-order valence-corrected chi connectivity index (χ3v) is 1.71. The van der Waals surface area contributed by atoms with Crippen LogP contribution in [0.3, 0.4) is 0 Å². The van der Waals surface area contributed by atoms with E-state index in [1.807, 2.05) is 11.6 Å². The fraction of sp³-hybridized carbons (Fsp3) is 0.625. The summed E-state index contributed by atoms with van der Waals surface area (Å²) >= 11 is 0. The Labute approximate surface area is 67.0 Å². The van der Waals surface area contributed by atoms with Gasteiger partial charge in [0.2, 0.25) is 0 Å². The van der Waals surface area contributed by atoms with E-state index >= 15 is 0 Å². The second-order valence-electron chi connectivity index (χ2n) is 2.84. The molecule has 1 rings (SSSR count). The minimum absolute atomic E-state index is 0.402. The van der Waals surface area contributed by atoms with E-state index in [4.69, 9.17) is 4.74 Å². The summed E-state index contributed by atoms with van der Waals surface area (Å²) in [6.45, 7) is 6.20. The quantitative estimate of drug-likeness (QED) is 0.649. The minimum atomic E-state index is 0.402. The molecule has 3 heteroatoms. The zero-order chi connectivity index (χ0) is 8.43. The zero-order valence-electron chi connectivity index (χ0n) is 7.46. The average molecular weight is 154 g/mol. The Kier molecular flexibility index (Phi) is 2.17. The molecule has 0 aromatic carbocycles. The summed E-state index contributed by atoms with van der Waals surface area (Å²) in [5, 5.41) is 4.18. The van der Waals surface area contributed by atoms with Gasteiger partial charge in [-0.1, -0.05) is 0 Å². The van der Waals surface area contributed by atoms with E-state index < -0.39 is 0 Å². The summed E-state index contributed by atoms with van der Waals surface area (Å²) in [4.78, 5) is 0. The molecule has 0 amide bonds. The van der Waals surface area contributed by atoms with E-state index in [0.29, 0.717) is 6.04 Å². The van der Waals surface area contributed by atoms with Crippen LogP contribution in [-0.2, 0) is 0 Å². The van der Waals surface area contributed by atoms with Gasteiger partial charge in [0.25, 0.3) is 0 Å². The van der Waals surface area contributed by atoms with Crippen LogP contribution in [0.1, 0.15) is 25.6 Å². The van der Waals surface area contributed by atoms with Crippen molar-refractivity contribution in [2.45, 2.75) is 26.8 Å². The Hall–Kier alpha value is -0.990. The Morgan fingerprint density at radius 1 is 1.55 bits per heavy atom. The molecule has 0 saturated heterocycles. The fourth-order valence-electron chi connectivity index (χ4n) is 1.13. The van der Waals surface area contributed by atoms with Crippen molar-refractivity contribution in [3.63, 3.8) is 0 Å². The van der Waals surface area contributed by atoms with E-state index in [-0.39, 0.29) is 0 Å². The summed E-state index contributed by atoms with van der Waals surface area (Å²) in [6, 6.07) is 0.402. The van der Waals surface area contributed by atoms with Crippen molar-refractivity contribution in [1.29, 1.82) is 0 Å².